The van der Waals surface area contributed by atoms with Crippen LogP contribution in [0, 0.1) is 17.6 Å². The number of urea groups is 1. The number of halogens is 3. The molecule has 0 radical (unpaired) electrons. The molecule has 3 aromatic rings. The molecule has 3 atom stereocenters. The Kier molecular flexibility index (Phi) is 4.22. The molecular formula is C20H14ClF2N3O2S. The van der Waals surface area contributed by atoms with E-state index in [2.05, 4.69) is 4.98 Å². The quantitative estimate of drug-likeness (QED) is 0.645. The van der Waals surface area contributed by atoms with Gasteiger partial charge >= 0.3 is 6.03 Å². The Hall–Kier alpha value is -2.71. The normalized spacial score (nSPS) is 21.7. The fourth-order valence-corrected chi connectivity index (χ4v) is 4.99. The van der Waals surface area contributed by atoms with E-state index in [1.54, 1.807) is 12.1 Å². The summed E-state index contributed by atoms with van der Waals surface area (Å²) in [5.74, 6) is -1.81. The number of benzene rings is 2. The molecule has 2 amide bonds. The molecular weight excluding hydrogens is 420 g/mol. The van der Waals surface area contributed by atoms with E-state index < -0.39 is 23.7 Å². The number of carbonyl (C=O) groups is 1. The van der Waals surface area contributed by atoms with E-state index in [4.69, 9.17) is 22.1 Å². The van der Waals surface area contributed by atoms with Crippen molar-refractivity contribution in [2.24, 2.45) is 11.7 Å². The van der Waals surface area contributed by atoms with Crippen molar-refractivity contribution >= 4 is 34.1 Å². The number of amides is 2. The SMILES string of the molecule is NC(=O)N(c1nc(-c2ccc(Cl)cc2)cs1)[C@@H]1[C@H]2COc3c(F)ccc(F)c3[C@@H]21. The van der Waals surface area contributed by atoms with Gasteiger partial charge in [-0.15, -0.1) is 11.3 Å². The molecule has 2 N–H and O–H groups in total. The van der Waals surface area contributed by atoms with Gasteiger partial charge in [0, 0.05) is 33.4 Å². The maximum atomic E-state index is 14.4. The molecule has 2 aliphatic rings. The molecule has 2 aromatic carbocycles. The number of primary amides is 1. The van der Waals surface area contributed by atoms with Gasteiger partial charge in [-0.1, -0.05) is 23.7 Å². The van der Waals surface area contributed by atoms with Crippen molar-refractivity contribution in [2.75, 3.05) is 11.5 Å². The van der Waals surface area contributed by atoms with Crippen LogP contribution in [0.15, 0.2) is 41.8 Å². The van der Waals surface area contributed by atoms with E-state index in [-0.39, 0.29) is 29.8 Å². The van der Waals surface area contributed by atoms with E-state index in [0.29, 0.717) is 15.8 Å². The zero-order valence-electron chi connectivity index (χ0n) is 14.8. The zero-order valence-corrected chi connectivity index (χ0v) is 16.4. The molecule has 1 aliphatic carbocycles. The number of carbonyl (C=O) groups excluding carboxylic acids is 1. The highest BCUT2D eigenvalue weighted by atomic mass is 35.5. The Bertz CT molecular complexity index is 1120. The van der Waals surface area contributed by atoms with Crippen LogP contribution < -0.4 is 15.4 Å². The summed E-state index contributed by atoms with van der Waals surface area (Å²) in [5, 5.41) is 2.82. The number of ether oxygens (including phenoxy) is 1. The van der Waals surface area contributed by atoms with Gasteiger partial charge in [-0.3, -0.25) is 4.90 Å². The maximum absolute atomic E-state index is 14.4. The maximum Gasteiger partial charge on any atom is 0.321 e. The summed E-state index contributed by atoms with van der Waals surface area (Å²) < 4.78 is 33.9. The van der Waals surface area contributed by atoms with Crippen molar-refractivity contribution in [2.45, 2.75) is 12.0 Å². The van der Waals surface area contributed by atoms with Gasteiger partial charge in [0.2, 0.25) is 0 Å². The van der Waals surface area contributed by atoms with Crippen LogP contribution in [0.3, 0.4) is 0 Å². The summed E-state index contributed by atoms with van der Waals surface area (Å²) >= 11 is 7.18. The highest BCUT2D eigenvalue weighted by molar-refractivity contribution is 7.14. The van der Waals surface area contributed by atoms with Crippen molar-refractivity contribution in [3.05, 3.63) is 64.0 Å². The lowest BCUT2D eigenvalue weighted by Crippen LogP contribution is -2.39. The van der Waals surface area contributed by atoms with Crippen LogP contribution in [-0.2, 0) is 0 Å². The zero-order chi connectivity index (χ0) is 20.3. The van der Waals surface area contributed by atoms with E-state index in [9.17, 15) is 13.6 Å². The molecule has 5 nitrogen and oxygen atoms in total. The summed E-state index contributed by atoms with van der Waals surface area (Å²) in [5.41, 5.74) is 7.32. The fourth-order valence-electron chi connectivity index (χ4n) is 3.98. The van der Waals surface area contributed by atoms with Crippen LogP contribution in [-0.4, -0.2) is 23.7 Å². The topological polar surface area (TPSA) is 68.5 Å². The second-order valence-corrected chi connectivity index (χ2v) is 8.27. The van der Waals surface area contributed by atoms with Crippen LogP contribution in [0.2, 0.25) is 5.02 Å². The van der Waals surface area contributed by atoms with Gasteiger partial charge in [0.25, 0.3) is 0 Å². The smallest absolute Gasteiger partial charge is 0.321 e. The predicted octanol–water partition coefficient (Wildman–Crippen LogP) is 4.80. The number of hydrogen-bond donors (Lipinski definition) is 1. The van der Waals surface area contributed by atoms with Gasteiger partial charge in [0.15, 0.2) is 16.7 Å². The van der Waals surface area contributed by atoms with E-state index in [0.717, 1.165) is 17.7 Å². The number of anilines is 1. The minimum absolute atomic E-state index is 0.0841. The number of nitrogens with zero attached hydrogens (tertiary/aromatic N) is 2. The van der Waals surface area contributed by atoms with Crippen LogP contribution >= 0.6 is 22.9 Å². The number of nitrogens with two attached hydrogens (primary N) is 1. The Morgan fingerprint density at radius 3 is 2.66 bits per heavy atom. The molecule has 1 saturated carbocycles. The highest BCUT2D eigenvalue weighted by Crippen LogP contribution is 2.58. The van der Waals surface area contributed by atoms with Crippen LogP contribution in [0.1, 0.15) is 11.5 Å². The van der Waals surface area contributed by atoms with Gasteiger partial charge < -0.3 is 10.5 Å². The lowest BCUT2D eigenvalue weighted by Gasteiger charge is -2.18. The number of fused-ring (bicyclic) bond motifs is 3. The van der Waals surface area contributed by atoms with Crippen LogP contribution in [0.4, 0.5) is 18.7 Å². The van der Waals surface area contributed by atoms with Gasteiger partial charge in [0.1, 0.15) is 5.82 Å². The monoisotopic (exact) mass is 433 g/mol. The van der Waals surface area contributed by atoms with E-state index >= 15 is 0 Å². The summed E-state index contributed by atoms with van der Waals surface area (Å²) in [4.78, 5) is 18.2. The second kappa shape index (κ2) is 6.67. The average molecular weight is 434 g/mol. The lowest BCUT2D eigenvalue weighted by molar-refractivity contribution is 0.250. The van der Waals surface area contributed by atoms with Crippen molar-refractivity contribution in [3.8, 4) is 17.0 Å². The Morgan fingerprint density at radius 1 is 1.21 bits per heavy atom. The molecule has 5 rings (SSSR count). The average Bonchev–Trinajstić information content (AvgIpc) is 3.20. The first kappa shape index (κ1) is 18.3. The summed E-state index contributed by atoms with van der Waals surface area (Å²) in [7, 11) is 0. The van der Waals surface area contributed by atoms with Crippen molar-refractivity contribution in [3.63, 3.8) is 0 Å². The minimum atomic E-state index is -0.695. The van der Waals surface area contributed by atoms with Crippen molar-refractivity contribution in [1.82, 2.24) is 4.98 Å². The molecule has 1 aromatic heterocycles. The number of rotatable bonds is 3. The van der Waals surface area contributed by atoms with Crippen LogP contribution in [0.25, 0.3) is 11.3 Å². The standard InChI is InChI=1S/C20H14ClF2N3O2S/c21-10-3-1-9(2-4-10)14-8-29-20(25-14)26(19(24)27)17-11-7-28-18-13(23)6-5-12(22)16(18)15(11)17/h1-6,8,11,15,17H,7H2,(H2,24,27)/t11-,15+,17+/m0/s1. The van der Waals surface area contributed by atoms with Gasteiger partial charge in [-0.2, -0.15) is 0 Å². The first-order valence-electron chi connectivity index (χ1n) is 8.86. The van der Waals surface area contributed by atoms with Gasteiger partial charge in [-0.05, 0) is 24.3 Å². The molecule has 9 heteroatoms. The van der Waals surface area contributed by atoms with Crippen molar-refractivity contribution < 1.29 is 18.3 Å². The Morgan fingerprint density at radius 2 is 1.93 bits per heavy atom. The van der Waals surface area contributed by atoms with Crippen molar-refractivity contribution in [1.29, 1.82) is 0 Å². The third-order valence-electron chi connectivity index (χ3n) is 5.35. The fraction of sp³-hybridized carbons (Fsp3) is 0.200. The van der Waals surface area contributed by atoms with Crippen LogP contribution in [0.5, 0.6) is 5.75 Å². The number of aromatic nitrogens is 1. The molecule has 0 unspecified atom stereocenters. The summed E-state index contributed by atoms with van der Waals surface area (Å²) in [6, 6.07) is 8.15. The third-order valence-corrected chi connectivity index (χ3v) is 6.44. The predicted molar refractivity (Wildman–Crippen MR) is 106 cm³/mol. The first-order chi connectivity index (χ1) is 14.0. The van der Waals surface area contributed by atoms with Gasteiger partial charge in [0.05, 0.1) is 18.3 Å². The number of hydrogen-bond acceptors (Lipinski definition) is 4. The minimum Gasteiger partial charge on any atom is -0.490 e. The Balaban J connectivity index is 1.49. The third kappa shape index (κ3) is 2.94. The molecule has 0 bridgehead atoms. The second-order valence-electron chi connectivity index (χ2n) is 6.99. The summed E-state index contributed by atoms with van der Waals surface area (Å²) in [6.45, 7) is 0.182. The summed E-state index contributed by atoms with van der Waals surface area (Å²) in [6.07, 6.45) is 0. The molecule has 1 fully saturated rings. The molecule has 29 heavy (non-hydrogen) atoms. The Labute approximate surface area is 173 Å². The highest BCUT2D eigenvalue weighted by Gasteiger charge is 2.61. The molecule has 0 spiro atoms. The molecule has 2 heterocycles. The molecule has 1 aliphatic heterocycles. The molecule has 148 valence electrons. The van der Waals surface area contributed by atoms with Gasteiger partial charge in [-0.25, -0.2) is 18.6 Å². The lowest BCUT2D eigenvalue weighted by atomic mass is 10.0. The molecule has 0 saturated heterocycles. The first-order valence-corrected chi connectivity index (χ1v) is 10.1. The largest absolute Gasteiger partial charge is 0.490 e. The number of thiazole rings is 1. The van der Waals surface area contributed by atoms with E-state index in [1.807, 2.05) is 17.5 Å². The van der Waals surface area contributed by atoms with E-state index in [1.165, 1.54) is 16.2 Å².